The van der Waals surface area contributed by atoms with Crippen molar-refractivity contribution < 1.29 is 4.42 Å². The first-order chi connectivity index (χ1) is 20.1. The van der Waals surface area contributed by atoms with E-state index in [2.05, 4.69) is 61.3 Å². The second kappa shape index (κ2) is 8.93. The van der Waals surface area contributed by atoms with Crippen LogP contribution in [0.3, 0.4) is 0 Å². The van der Waals surface area contributed by atoms with Gasteiger partial charge in [-0.25, -0.2) is 15.0 Å². The molecule has 1 aliphatic rings. The Balaban J connectivity index is 1.32. The SMILES string of the molecule is CCC1(C)c2cc(-c3nc(-c4ccccc4)nc(-c4ccccn4)n3)ccc2-c2cc3c(cc21)oc1ccccc13. The molecule has 0 aliphatic heterocycles. The van der Waals surface area contributed by atoms with Gasteiger partial charge in [0.2, 0.25) is 0 Å². The minimum Gasteiger partial charge on any atom is -0.456 e. The fraction of sp³-hybridized carbons (Fsp3) is 0.111. The first-order valence-corrected chi connectivity index (χ1v) is 14.0. The Morgan fingerprint density at radius 1 is 0.610 bits per heavy atom. The molecule has 0 amide bonds. The van der Waals surface area contributed by atoms with Crippen LogP contribution in [-0.4, -0.2) is 19.9 Å². The summed E-state index contributed by atoms with van der Waals surface area (Å²) in [5.41, 5.74) is 9.40. The van der Waals surface area contributed by atoms with Crippen LogP contribution in [0.15, 0.2) is 114 Å². The number of pyridine rings is 1. The maximum Gasteiger partial charge on any atom is 0.182 e. The van der Waals surface area contributed by atoms with E-state index in [4.69, 9.17) is 19.4 Å². The van der Waals surface area contributed by atoms with Crippen molar-refractivity contribution in [3.8, 4) is 45.4 Å². The van der Waals surface area contributed by atoms with Gasteiger partial charge in [-0.1, -0.05) is 80.6 Å². The molecule has 41 heavy (non-hydrogen) atoms. The first kappa shape index (κ1) is 23.7. The van der Waals surface area contributed by atoms with Crippen molar-refractivity contribution in [3.63, 3.8) is 0 Å². The van der Waals surface area contributed by atoms with Gasteiger partial charge in [0.1, 0.15) is 16.9 Å². The van der Waals surface area contributed by atoms with Crippen LogP contribution < -0.4 is 0 Å². The van der Waals surface area contributed by atoms with Crippen molar-refractivity contribution in [2.24, 2.45) is 0 Å². The lowest BCUT2D eigenvalue weighted by molar-refractivity contribution is 0.563. The molecular weight excluding hydrogens is 504 g/mol. The molecule has 0 fully saturated rings. The van der Waals surface area contributed by atoms with Crippen LogP contribution in [-0.2, 0) is 5.41 Å². The highest BCUT2D eigenvalue weighted by molar-refractivity contribution is 6.07. The van der Waals surface area contributed by atoms with E-state index < -0.39 is 0 Å². The van der Waals surface area contributed by atoms with Gasteiger partial charge in [-0.15, -0.1) is 0 Å². The zero-order valence-corrected chi connectivity index (χ0v) is 22.8. The molecule has 1 atom stereocenters. The van der Waals surface area contributed by atoms with E-state index in [1.165, 1.54) is 22.3 Å². The normalized spacial score (nSPS) is 15.8. The number of furan rings is 1. The van der Waals surface area contributed by atoms with Gasteiger partial charge in [-0.2, -0.15) is 0 Å². The predicted octanol–water partition coefficient (Wildman–Crippen LogP) is 8.86. The number of benzene rings is 4. The predicted molar refractivity (Wildman–Crippen MR) is 163 cm³/mol. The smallest absolute Gasteiger partial charge is 0.182 e. The molecule has 1 unspecified atom stereocenters. The van der Waals surface area contributed by atoms with Crippen LogP contribution in [0.1, 0.15) is 31.4 Å². The van der Waals surface area contributed by atoms with E-state index in [0.717, 1.165) is 45.2 Å². The highest BCUT2D eigenvalue weighted by atomic mass is 16.3. The summed E-state index contributed by atoms with van der Waals surface area (Å²) in [7, 11) is 0. The topological polar surface area (TPSA) is 64.7 Å². The van der Waals surface area contributed by atoms with E-state index >= 15 is 0 Å². The van der Waals surface area contributed by atoms with Crippen molar-refractivity contribution in [2.45, 2.75) is 25.7 Å². The highest BCUT2D eigenvalue weighted by Crippen LogP contribution is 2.53. The maximum atomic E-state index is 6.28. The molecule has 5 nitrogen and oxygen atoms in total. The fourth-order valence-corrected chi connectivity index (χ4v) is 6.18. The van der Waals surface area contributed by atoms with E-state index in [1.807, 2.05) is 60.7 Å². The lowest BCUT2D eigenvalue weighted by Crippen LogP contribution is -2.19. The number of hydrogen-bond donors (Lipinski definition) is 0. The van der Waals surface area contributed by atoms with Gasteiger partial charge in [-0.3, -0.25) is 4.98 Å². The van der Waals surface area contributed by atoms with E-state index in [1.54, 1.807) is 6.20 Å². The minimum absolute atomic E-state index is 0.174. The maximum absolute atomic E-state index is 6.28. The van der Waals surface area contributed by atoms with Gasteiger partial charge >= 0.3 is 0 Å². The van der Waals surface area contributed by atoms with Gasteiger partial charge < -0.3 is 4.42 Å². The molecule has 0 radical (unpaired) electrons. The van der Waals surface area contributed by atoms with Crippen LogP contribution >= 0.6 is 0 Å². The third-order valence-electron chi connectivity index (χ3n) is 8.54. The number of fused-ring (bicyclic) bond motifs is 6. The molecule has 0 saturated carbocycles. The Hall–Kier alpha value is -5.16. The molecule has 1 aliphatic carbocycles. The summed E-state index contributed by atoms with van der Waals surface area (Å²) >= 11 is 0. The lowest BCUT2D eigenvalue weighted by Gasteiger charge is -2.26. The van der Waals surface area contributed by atoms with E-state index in [9.17, 15) is 0 Å². The van der Waals surface area contributed by atoms with Gasteiger partial charge in [0.05, 0.1) is 0 Å². The van der Waals surface area contributed by atoms with Crippen molar-refractivity contribution in [1.29, 1.82) is 0 Å². The molecule has 5 heteroatoms. The molecule has 8 rings (SSSR count). The third-order valence-corrected chi connectivity index (χ3v) is 8.54. The van der Waals surface area contributed by atoms with Crippen molar-refractivity contribution >= 4 is 21.9 Å². The number of hydrogen-bond acceptors (Lipinski definition) is 5. The molecule has 0 bridgehead atoms. The molecule has 7 aromatic rings. The molecule has 0 spiro atoms. The van der Waals surface area contributed by atoms with E-state index in [0.29, 0.717) is 17.5 Å². The van der Waals surface area contributed by atoms with Crippen LogP contribution in [0.2, 0.25) is 0 Å². The monoisotopic (exact) mass is 530 g/mol. The van der Waals surface area contributed by atoms with Gasteiger partial charge in [0.15, 0.2) is 17.5 Å². The summed E-state index contributed by atoms with van der Waals surface area (Å²) in [5.74, 6) is 1.82. The first-order valence-electron chi connectivity index (χ1n) is 14.0. The molecule has 196 valence electrons. The molecule has 3 heterocycles. The zero-order valence-electron chi connectivity index (χ0n) is 22.8. The summed E-state index contributed by atoms with van der Waals surface area (Å²) in [4.78, 5) is 19.2. The standard InChI is InChI=1S/C36H26N4O/c1-3-36(2)28-19-23(16-17-24(28)26-20-27-25-13-7-8-15-31(25)41-32(27)21-29(26)36)34-38-33(22-11-5-4-6-12-22)39-35(40-34)30-14-9-10-18-37-30/h4-21H,3H2,1-2H3. The van der Waals surface area contributed by atoms with Crippen LogP contribution in [0.5, 0.6) is 0 Å². The Morgan fingerprint density at radius 2 is 1.34 bits per heavy atom. The summed E-state index contributed by atoms with van der Waals surface area (Å²) < 4.78 is 6.28. The van der Waals surface area contributed by atoms with Crippen LogP contribution in [0.25, 0.3) is 67.4 Å². The Labute approximate surface area is 237 Å². The average Bonchev–Trinajstić information content (AvgIpc) is 3.53. The Kier molecular flexibility index (Phi) is 5.16. The second-order valence-corrected chi connectivity index (χ2v) is 10.8. The van der Waals surface area contributed by atoms with Crippen molar-refractivity contribution in [2.75, 3.05) is 0 Å². The number of para-hydroxylation sites is 1. The summed E-state index contributed by atoms with van der Waals surface area (Å²) in [6, 6.07) is 35.3. The molecular formula is C36H26N4O. The highest BCUT2D eigenvalue weighted by Gasteiger charge is 2.39. The van der Waals surface area contributed by atoms with Crippen molar-refractivity contribution in [3.05, 3.63) is 120 Å². The molecule has 4 aromatic carbocycles. The Morgan fingerprint density at radius 3 is 2.15 bits per heavy atom. The summed E-state index contributed by atoms with van der Waals surface area (Å²) in [6.07, 6.45) is 2.72. The fourth-order valence-electron chi connectivity index (χ4n) is 6.18. The quantitative estimate of drug-likeness (QED) is 0.227. The number of nitrogens with zero attached hydrogens (tertiary/aromatic N) is 4. The van der Waals surface area contributed by atoms with Crippen LogP contribution in [0, 0.1) is 0 Å². The number of aromatic nitrogens is 4. The minimum atomic E-state index is -0.174. The number of rotatable bonds is 4. The third kappa shape index (κ3) is 3.62. The largest absolute Gasteiger partial charge is 0.456 e. The van der Waals surface area contributed by atoms with Crippen LogP contribution in [0.4, 0.5) is 0 Å². The Bertz CT molecular complexity index is 2040. The lowest BCUT2D eigenvalue weighted by atomic mass is 9.77. The van der Waals surface area contributed by atoms with E-state index in [-0.39, 0.29) is 5.41 Å². The van der Waals surface area contributed by atoms with Gasteiger partial charge in [0, 0.05) is 33.5 Å². The molecule has 0 N–H and O–H groups in total. The average molecular weight is 531 g/mol. The van der Waals surface area contributed by atoms with Gasteiger partial charge in [-0.05, 0) is 65.1 Å². The zero-order chi connectivity index (χ0) is 27.6. The van der Waals surface area contributed by atoms with Gasteiger partial charge in [0.25, 0.3) is 0 Å². The molecule has 0 saturated heterocycles. The molecule has 3 aromatic heterocycles. The summed E-state index contributed by atoms with van der Waals surface area (Å²) in [6.45, 7) is 4.59. The summed E-state index contributed by atoms with van der Waals surface area (Å²) in [5, 5.41) is 2.30. The van der Waals surface area contributed by atoms with Crippen molar-refractivity contribution in [1.82, 2.24) is 19.9 Å². The second-order valence-electron chi connectivity index (χ2n) is 10.8.